The molecule has 0 amide bonds. The maximum absolute atomic E-state index is 6.31. The van der Waals surface area contributed by atoms with Crippen molar-refractivity contribution in [1.82, 2.24) is 9.55 Å². The fourth-order valence-electron chi connectivity index (χ4n) is 2.24. The molecule has 2 aromatic rings. The number of imidazole rings is 1. The van der Waals surface area contributed by atoms with Crippen LogP contribution in [0.1, 0.15) is 20.8 Å². The van der Waals surface area contributed by atoms with E-state index in [1.807, 2.05) is 35.0 Å². The molecule has 0 saturated carbocycles. The first-order valence-corrected chi connectivity index (χ1v) is 14.4. The third-order valence-corrected chi connectivity index (χ3v) is 12.1. The van der Waals surface area contributed by atoms with E-state index in [4.69, 9.17) is 9.16 Å². The normalized spacial score (nSPS) is 15.2. The molecule has 4 nitrogen and oxygen atoms in total. The van der Waals surface area contributed by atoms with Gasteiger partial charge in [0.1, 0.15) is 12.4 Å². The van der Waals surface area contributed by atoms with Crippen molar-refractivity contribution in [3.8, 4) is 11.4 Å². The van der Waals surface area contributed by atoms with E-state index in [2.05, 4.69) is 51.0 Å². The zero-order valence-corrected chi connectivity index (χ0v) is 19.8. The Morgan fingerprint density at radius 3 is 2.18 bits per heavy atom. The first kappa shape index (κ1) is 21.3. The summed E-state index contributed by atoms with van der Waals surface area (Å²) in [6.45, 7) is 12.7. The molecule has 3 rings (SSSR count). The fraction of sp³-hybridized carbons (Fsp3) is 0.381. The first-order valence-electron chi connectivity index (χ1n) is 9.34. The molecule has 0 N–H and O–H groups in total. The van der Waals surface area contributed by atoms with Gasteiger partial charge in [0, 0.05) is 27.9 Å². The molecular formula is C21H28N2O2S2Si. The van der Waals surface area contributed by atoms with Crippen molar-refractivity contribution in [1.29, 1.82) is 0 Å². The highest BCUT2D eigenvalue weighted by molar-refractivity contribution is 8.79. The maximum atomic E-state index is 6.31. The van der Waals surface area contributed by atoms with Crippen LogP contribution in [0.5, 0.6) is 5.75 Å². The minimum atomic E-state index is -1.70. The van der Waals surface area contributed by atoms with Gasteiger partial charge in [0.15, 0.2) is 8.32 Å². The van der Waals surface area contributed by atoms with Gasteiger partial charge in [0.05, 0.1) is 12.9 Å². The van der Waals surface area contributed by atoms with Gasteiger partial charge in [0.2, 0.25) is 0 Å². The lowest BCUT2D eigenvalue weighted by Gasteiger charge is -2.36. The quantitative estimate of drug-likeness (QED) is 0.372. The molecule has 7 heteroatoms. The van der Waals surface area contributed by atoms with Crippen LogP contribution in [-0.2, 0) is 4.43 Å². The van der Waals surface area contributed by atoms with Crippen molar-refractivity contribution >= 4 is 29.9 Å². The topological polar surface area (TPSA) is 36.3 Å². The predicted octanol–water partition coefficient (Wildman–Crippen LogP) is 6.44. The van der Waals surface area contributed by atoms with Gasteiger partial charge in [0.25, 0.3) is 0 Å². The molecule has 28 heavy (non-hydrogen) atoms. The Morgan fingerprint density at radius 2 is 1.64 bits per heavy atom. The Kier molecular flexibility index (Phi) is 6.80. The van der Waals surface area contributed by atoms with Crippen LogP contribution in [0.25, 0.3) is 5.69 Å². The minimum absolute atomic E-state index is 0.238. The number of hydrogen-bond acceptors (Lipinski definition) is 5. The van der Waals surface area contributed by atoms with Gasteiger partial charge in [-0.2, -0.15) is 0 Å². The number of rotatable bonds is 7. The summed E-state index contributed by atoms with van der Waals surface area (Å²) in [6.07, 6.45) is 9.79. The smallest absolute Gasteiger partial charge is 0.192 e. The average Bonchev–Trinajstić information content (AvgIpc) is 3.20. The van der Waals surface area contributed by atoms with Gasteiger partial charge in [-0.1, -0.05) is 42.4 Å². The Bertz CT molecular complexity index is 838. The van der Waals surface area contributed by atoms with Crippen molar-refractivity contribution in [2.75, 3.05) is 13.2 Å². The number of nitrogens with zero attached hydrogens (tertiary/aromatic N) is 2. The second-order valence-corrected chi connectivity index (χ2v) is 15.4. The van der Waals surface area contributed by atoms with E-state index in [0.717, 1.165) is 11.4 Å². The largest absolute Gasteiger partial charge is 0.488 e. The number of hydrogen-bond donors (Lipinski definition) is 0. The summed E-state index contributed by atoms with van der Waals surface area (Å²) in [6, 6.07) is 8.05. The molecule has 0 atom stereocenters. The van der Waals surface area contributed by atoms with Crippen LogP contribution in [0, 0.1) is 0 Å². The molecule has 0 fully saturated rings. The monoisotopic (exact) mass is 432 g/mol. The molecule has 0 saturated heterocycles. The highest BCUT2D eigenvalue weighted by atomic mass is 33.1. The standard InChI is InChI=1S/C21H28N2O2S2Si/c1-21(2,3)28(4,5)25-15-20-11-10-19(26-27-20)14-24-18-8-6-17(7-9-18)23-13-12-22-16-23/h6-13,16H,14-15H2,1-5H3. The lowest BCUT2D eigenvalue weighted by Crippen LogP contribution is -2.41. The van der Waals surface area contributed by atoms with Crippen LogP contribution in [0.15, 0.2) is 64.9 Å². The molecule has 2 heterocycles. The summed E-state index contributed by atoms with van der Waals surface area (Å²) in [5.41, 5.74) is 1.07. The lowest BCUT2D eigenvalue weighted by molar-refractivity contribution is 0.325. The Morgan fingerprint density at radius 1 is 1.00 bits per heavy atom. The zero-order valence-electron chi connectivity index (χ0n) is 17.1. The summed E-state index contributed by atoms with van der Waals surface area (Å²) in [5.74, 6) is 0.867. The predicted molar refractivity (Wildman–Crippen MR) is 124 cm³/mol. The van der Waals surface area contributed by atoms with Crippen LogP contribution in [0.2, 0.25) is 18.1 Å². The average molecular weight is 433 g/mol. The minimum Gasteiger partial charge on any atom is -0.488 e. The fourth-order valence-corrected chi connectivity index (χ4v) is 5.24. The van der Waals surface area contributed by atoms with Crippen LogP contribution in [-0.4, -0.2) is 31.1 Å². The molecule has 1 aromatic heterocycles. The Hall–Kier alpha value is -1.41. The second kappa shape index (κ2) is 8.94. The number of benzene rings is 1. The van der Waals surface area contributed by atoms with E-state index < -0.39 is 8.32 Å². The summed E-state index contributed by atoms with van der Waals surface area (Å²) in [7, 11) is 1.83. The van der Waals surface area contributed by atoms with Gasteiger partial charge in [-0.25, -0.2) is 4.98 Å². The SMILES string of the molecule is CC(C)(C)[Si](C)(C)OCC1=CC=C(COc2ccc(-n3ccnc3)cc2)SS1. The Balaban J connectivity index is 1.50. The van der Waals surface area contributed by atoms with Crippen LogP contribution in [0.4, 0.5) is 0 Å². The highest BCUT2D eigenvalue weighted by Crippen LogP contribution is 2.42. The molecule has 0 radical (unpaired) electrons. The first-order chi connectivity index (χ1) is 13.2. The summed E-state index contributed by atoms with van der Waals surface area (Å²) in [5, 5.41) is 0.238. The van der Waals surface area contributed by atoms with E-state index in [1.165, 1.54) is 9.81 Å². The summed E-state index contributed by atoms with van der Waals surface area (Å²) < 4.78 is 14.2. The summed E-state index contributed by atoms with van der Waals surface area (Å²) >= 11 is 0. The van der Waals surface area contributed by atoms with Gasteiger partial charge in [-0.05, 0) is 54.5 Å². The van der Waals surface area contributed by atoms with Crippen molar-refractivity contribution in [3.63, 3.8) is 0 Å². The van der Waals surface area contributed by atoms with Gasteiger partial charge in [-0.3, -0.25) is 0 Å². The Labute approximate surface area is 176 Å². The molecule has 1 aromatic carbocycles. The van der Waals surface area contributed by atoms with Crippen molar-refractivity contribution < 1.29 is 9.16 Å². The van der Waals surface area contributed by atoms with Gasteiger partial charge in [-0.15, -0.1) is 0 Å². The second-order valence-electron chi connectivity index (χ2n) is 8.23. The molecular weight excluding hydrogens is 404 g/mol. The third-order valence-electron chi connectivity index (χ3n) is 5.11. The summed E-state index contributed by atoms with van der Waals surface area (Å²) in [4.78, 5) is 6.54. The molecule has 1 aliphatic rings. The van der Waals surface area contributed by atoms with E-state index >= 15 is 0 Å². The van der Waals surface area contributed by atoms with Crippen LogP contribution in [0.3, 0.4) is 0 Å². The lowest BCUT2D eigenvalue weighted by atomic mass is 10.2. The van der Waals surface area contributed by atoms with Crippen LogP contribution < -0.4 is 4.74 Å². The van der Waals surface area contributed by atoms with Crippen molar-refractivity contribution in [2.45, 2.75) is 38.9 Å². The van der Waals surface area contributed by atoms with Gasteiger partial charge < -0.3 is 13.7 Å². The van der Waals surface area contributed by atoms with Crippen molar-refractivity contribution in [2.24, 2.45) is 0 Å². The van der Waals surface area contributed by atoms with E-state index in [0.29, 0.717) is 13.2 Å². The van der Waals surface area contributed by atoms with E-state index in [-0.39, 0.29) is 5.04 Å². The van der Waals surface area contributed by atoms with E-state index in [9.17, 15) is 0 Å². The number of allylic oxidation sites excluding steroid dienone is 2. The van der Waals surface area contributed by atoms with Crippen molar-refractivity contribution in [3.05, 3.63) is 64.9 Å². The number of aromatic nitrogens is 2. The highest BCUT2D eigenvalue weighted by Gasteiger charge is 2.37. The molecule has 0 aliphatic carbocycles. The molecule has 1 aliphatic heterocycles. The molecule has 0 unspecified atom stereocenters. The molecule has 0 spiro atoms. The van der Waals surface area contributed by atoms with Gasteiger partial charge >= 0.3 is 0 Å². The zero-order chi connectivity index (χ0) is 20.2. The van der Waals surface area contributed by atoms with Crippen LogP contribution >= 0.6 is 21.6 Å². The molecule has 150 valence electrons. The van der Waals surface area contributed by atoms with E-state index in [1.54, 1.807) is 34.1 Å². The third kappa shape index (κ3) is 5.56. The maximum Gasteiger partial charge on any atom is 0.192 e. The molecule has 0 bridgehead atoms. The number of ether oxygens (including phenoxy) is 1.